The van der Waals surface area contributed by atoms with Crippen LogP contribution in [0.15, 0.2) is 79.0 Å². The molecule has 4 heteroatoms. The summed E-state index contributed by atoms with van der Waals surface area (Å²) in [6.45, 7) is 0.336. The van der Waals surface area contributed by atoms with Gasteiger partial charge in [-0.1, -0.05) is 36.4 Å². The molecule has 0 amide bonds. The number of rotatable bonds is 5. The van der Waals surface area contributed by atoms with Crippen molar-refractivity contribution in [3.8, 4) is 11.5 Å². The summed E-state index contributed by atoms with van der Waals surface area (Å²) in [5.41, 5.74) is 0.932. The van der Waals surface area contributed by atoms with Gasteiger partial charge in [-0.25, -0.2) is 10.0 Å². The molecule has 0 radical (unpaired) electrons. The maximum absolute atomic E-state index is 10.1. The average molecular weight is 292 g/mol. The Morgan fingerprint density at radius 2 is 1.64 bits per heavy atom. The number of hydrogen-bond donors (Lipinski definition) is 1. The number of para-hydroxylation sites is 1. The Bertz CT molecular complexity index is 717. The Morgan fingerprint density at radius 3 is 2.41 bits per heavy atom. The summed E-state index contributed by atoms with van der Waals surface area (Å²) in [6.07, 6.45) is 1.65. The molecule has 0 fully saturated rings. The fraction of sp³-hybridized carbons (Fsp3) is 0.0556. The molecule has 3 rings (SSSR count). The van der Waals surface area contributed by atoms with Gasteiger partial charge in [-0.05, 0) is 42.0 Å². The zero-order valence-corrected chi connectivity index (χ0v) is 12.0. The Kier molecular flexibility index (Phi) is 4.32. The van der Waals surface area contributed by atoms with E-state index in [2.05, 4.69) is 4.98 Å². The minimum absolute atomic E-state index is 0.336. The van der Waals surface area contributed by atoms with Crippen molar-refractivity contribution in [3.63, 3.8) is 0 Å². The Labute approximate surface area is 129 Å². The normalized spacial score (nSPS) is 10.2. The third-order valence-corrected chi connectivity index (χ3v) is 3.12. The lowest BCUT2D eigenvalue weighted by atomic mass is 10.2. The molecule has 0 spiro atoms. The predicted molar refractivity (Wildman–Crippen MR) is 85.2 cm³/mol. The Balaban J connectivity index is 1.71. The predicted octanol–water partition coefficient (Wildman–Crippen LogP) is 4.27. The summed E-state index contributed by atoms with van der Waals surface area (Å²) in [6, 6.07) is 22.6. The number of hydroxylamine groups is 1. The molecule has 1 heterocycles. The van der Waals surface area contributed by atoms with Crippen LogP contribution in [-0.4, -0.2) is 10.2 Å². The molecule has 0 bridgehead atoms. The van der Waals surface area contributed by atoms with Crippen molar-refractivity contribution in [2.75, 3.05) is 5.06 Å². The molecule has 0 aliphatic rings. The van der Waals surface area contributed by atoms with Crippen molar-refractivity contribution >= 4 is 5.82 Å². The first-order valence-electron chi connectivity index (χ1n) is 7.00. The highest BCUT2D eigenvalue weighted by atomic mass is 16.5. The second-order valence-electron chi connectivity index (χ2n) is 4.81. The van der Waals surface area contributed by atoms with Crippen molar-refractivity contribution in [3.05, 3.63) is 84.6 Å². The lowest BCUT2D eigenvalue weighted by molar-refractivity contribution is 0.246. The third kappa shape index (κ3) is 3.62. The fourth-order valence-corrected chi connectivity index (χ4v) is 2.09. The number of anilines is 1. The van der Waals surface area contributed by atoms with Crippen molar-refractivity contribution < 1.29 is 9.94 Å². The molecule has 1 N–H and O–H groups in total. The van der Waals surface area contributed by atoms with E-state index in [-0.39, 0.29) is 0 Å². The molecule has 0 saturated carbocycles. The molecule has 0 unspecified atom stereocenters. The number of benzene rings is 2. The largest absolute Gasteiger partial charge is 0.457 e. The second kappa shape index (κ2) is 6.74. The maximum atomic E-state index is 10.1. The van der Waals surface area contributed by atoms with Gasteiger partial charge in [-0.2, -0.15) is 0 Å². The smallest absolute Gasteiger partial charge is 0.152 e. The van der Waals surface area contributed by atoms with Crippen molar-refractivity contribution in [2.24, 2.45) is 0 Å². The molecule has 110 valence electrons. The van der Waals surface area contributed by atoms with E-state index in [0.717, 1.165) is 22.1 Å². The first kappa shape index (κ1) is 14.1. The molecular formula is C18H16N2O2. The minimum atomic E-state index is 0.336. The van der Waals surface area contributed by atoms with E-state index in [1.807, 2.05) is 66.7 Å². The van der Waals surface area contributed by atoms with E-state index in [9.17, 15) is 5.21 Å². The summed E-state index contributed by atoms with van der Waals surface area (Å²) in [4.78, 5) is 4.11. The van der Waals surface area contributed by atoms with Gasteiger partial charge in [0.2, 0.25) is 0 Å². The van der Waals surface area contributed by atoms with Crippen LogP contribution in [-0.2, 0) is 6.54 Å². The van der Waals surface area contributed by atoms with Gasteiger partial charge in [-0.15, -0.1) is 0 Å². The van der Waals surface area contributed by atoms with Crippen LogP contribution in [0.3, 0.4) is 0 Å². The molecule has 0 saturated heterocycles. The summed E-state index contributed by atoms with van der Waals surface area (Å²) in [5, 5.41) is 11.2. The highest BCUT2D eigenvalue weighted by molar-refractivity contribution is 5.38. The monoisotopic (exact) mass is 292 g/mol. The topological polar surface area (TPSA) is 45.6 Å². The molecule has 0 aliphatic carbocycles. The molecule has 22 heavy (non-hydrogen) atoms. The second-order valence-corrected chi connectivity index (χ2v) is 4.81. The van der Waals surface area contributed by atoms with Crippen LogP contribution in [0, 0.1) is 0 Å². The molecule has 0 atom stereocenters. The summed E-state index contributed by atoms with van der Waals surface area (Å²) in [7, 11) is 0. The van der Waals surface area contributed by atoms with Crippen LogP contribution < -0.4 is 9.80 Å². The zero-order valence-electron chi connectivity index (χ0n) is 12.0. The van der Waals surface area contributed by atoms with Gasteiger partial charge in [-0.3, -0.25) is 5.21 Å². The first-order valence-corrected chi connectivity index (χ1v) is 7.00. The van der Waals surface area contributed by atoms with E-state index in [0.29, 0.717) is 12.4 Å². The molecule has 4 nitrogen and oxygen atoms in total. The van der Waals surface area contributed by atoms with Gasteiger partial charge < -0.3 is 4.74 Å². The van der Waals surface area contributed by atoms with Gasteiger partial charge in [0, 0.05) is 6.20 Å². The van der Waals surface area contributed by atoms with Crippen LogP contribution in [0.25, 0.3) is 0 Å². The van der Waals surface area contributed by atoms with E-state index in [4.69, 9.17) is 4.74 Å². The van der Waals surface area contributed by atoms with Crippen LogP contribution in [0.5, 0.6) is 11.5 Å². The molecule has 0 aliphatic heterocycles. The van der Waals surface area contributed by atoms with Crippen molar-refractivity contribution in [2.45, 2.75) is 6.54 Å². The SMILES string of the molecule is ON(Cc1cccc(Oc2ccccc2)c1)c1ccccn1. The Hall–Kier alpha value is -2.85. The number of nitrogens with zero attached hydrogens (tertiary/aromatic N) is 2. The lowest BCUT2D eigenvalue weighted by Crippen LogP contribution is -2.18. The first-order chi connectivity index (χ1) is 10.8. The molecule has 3 aromatic rings. The van der Waals surface area contributed by atoms with Gasteiger partial charge in [0.05, 0.1) is 6.54 Å². The van der Waals surface area contributed by atoms with Crippen LogP contribution in [0.2, 0.25) is 0 Å². The average Bonchev–Trinajstić information content (AvgIpc) is 2.57. The molecular weight excluding hydrogens is 276 g/mol. The Morgan fingerprint density at radius 1 is 0.864 bits per heavy atom. The fourth-order valence-electron chi connectivity index (χ4n) is 2.09. The molecule has 1 aromatic heterocycles. The number of hydrogen-bond acceptors (Lipinski definition) is 4. The summed E-state index contributed by atoms with van der Waals surface area (Å²) < 4.78 is 5.79. The van der Waals surface area contributed by atoms with E-state index < -0.39 is 0 Å². The number of aromatic nitrogens is 1. The van der Waals surface area contributed by atoms with Crippen molar-refractivity contribution in [1.29, 1.82) is 0 Å². The summed E-state index contributed by atoms with van der Waals surface area (Å²) in [5.74, 6) is 2.03. The highest BCUT2D eigenvalue weighted by Gasteiger charge is 2.06. The maximum Gasteiger partial charge on any atom is 0.152 e. The minimum Gasteiger partial charge on any atom is -0.457 e. The van der Waals surface area contributed by atoms with Gasteiger partial charge in [0.1, 0.15) is 11.5 Å². The van der Waals surface area contributed by atoms with Gasteiger partial charge in [0.25, 0.3) is 0 Å². The standard InChI is InChI=1S/C18H16N2O2/c21-20(18-11-4-5-12-19-18)14-15-7-6-10-17(13-15)22-16-8-2-1-3-9-16/h1-13,21H,14H2. The van der Waals surface area contributed by atoms with Gasteiger partial charge in [0.15, 0.2) is 5.82 Å². The van der Waals surface area contributed by atoms with Crippen LogP contribution in [0.1, 0.15) is 5.56 Å². The number of ether oxygens (including phenoxy) is 1. The quantitative estimate of drug-likeness (QED) is 0.713. The van der Waals surface area contributed by atoms with Gasteiger partial charge >= 0.3 is 0 Å². The summed E-state index contributed by atoms with van der Waals surface area (Å²) >= 11 is 0. The van der Waals surface area contributed by atoms with E-state index >= 15 is 0 Å². The van der Waals surface area contributed by atoms with Crippen LogP contribution in [0.4, 0.5) is 5.82 Å². The molecule has 2 aromatic carbocycles. The van der Waals surface area contributed by atoms with E-state index in [1.54, 1.807) is 12.3 Å². The highest BCUT2D eigenvalue weighted by Crippen LogP contribution is 2.22. The van der Waals surface area contributed by atoms with E-state index in [1.165, 1.54) is 0 Å². The van der Waals surface area contributed by atoms with Crippen molar-refractivity contribution in [1.82, 2.24) is 4.98 Å². The zero-order chi connectivity index (χ0) is 15.2. The third-order valence-electron chi connectivity index (χ3n) is 3.12. The number of pyridine rings is 1. The van der Waals surface area contributed by atoms with Crippen LogP contribution >= 0.6 is 0 Å². The lowest BCUT2D eigenvalue weighted by Gasteiger charge is -2.16.